The average molecular weight is 354 g/mol. The van der Waals surface area contributed by atoms with Crippen molar-refractivity contribution < 1.29 is 19.5 Å². The van der Waals surface area contributed by atoms with E-state index in [1.54, 1.807) is 6.07 Å². The minimum Gasteiger partial charge on any atom is -0.478 e. The van der Waals surface area contributed by atoms with Crippen LogP contribution in [0.25, 0.3) is 0 Å². The Labute approximate surface area is 142 Å². The zero-order valence-electron chi connectivity index (χ0n) is 11.9. The number of carboxylic acid groups (broad SMARTS) is 1. The van der Waals surface area contributed by atoms with Crippen LogP contribution in [0.1, 0.15) is 16.8 Å². The van der Waals surface area contributed by atoms with Gasteiger partial charge in [0, 0.05) is 0 Å². The molecule has 0 unspecified atom stereocenters. The summed E-state index contributed by atoms with van der Waals surface area (Å²) < 4.78 is 0. The zero-order chi connectivity index (χ0) is 16.5. The fourth-order valence-electron chi connectivity index (χ4n) is 4.38. The molecule has 120 valence electrons. The fourth-order valence-corrected chi connectivity index (χ4v) is 5.27. The van der Waals surface area contributed by atoms with Crippen LogP contribution in [0.5, 0.6) is 0 Å². The number of halogens is 2. The van der Waals surface area contributed by atoms with Gasteiger partial charge >= 0.3 is 5.97 Å². The number of nitrogens with zero attached hydrogens (tertiary/aromatic N) is 1. The van der Waals surface area contributed by atoms with Gasteiger partial charge < -0.3 is 5.11 Å². The Balaban J connectivity index is 1.73. The molecule has 1 N–H and O–H groups in total. The van der Waals surface area contributed by atoms with Gasteiger partial charge in [0.15, 0.2) is 0 Å². The van der Waals surface area contributed by atoms with Gasteiger partial charge in [0.1, 0.15) is 0 Å². The molecule has 0 spiro atoms. The van der Waals surface area contributed by atoms with E-state index in [0.29, 0.717) is 12.1 Å². The van der Waals surface area contributed by atoms with Crippen LogP contribution >= 0.6 is 23.2 Å². The Hall–Kier alpha value is -1.59. The first-order valence-electron chi connectivity index (χ1n) is 7.41. The molecule has 2 saturated carbocycles. The summed E-state index contributed by atoms with van der Waals surface area (Å²) in [4.78, 5) is 37.8. The van der Waals surface area contributed by atoms with Gasteiger partial charge in [0.25, 0.3) is 0 Å². The molecule has 2 bridgehead atoms. The first-order valence-corrected chi connectivity index (χ1v) is 8.28. The summed E-state index contributed by atoms with van der Waals surface area (Å²) in [7, 11) is 0. The highest BCUT2D eigenvalue weighted by Gasteiger charge is 2.66. The van der Waals surface area contributed by atoms with Gasteiger partial charge in [-0.15, -0.1) is 23.2 Å². The lowest BCUT2D eigenvalue weighted by molar-refractivity contribution is -0.123. The van der Waals surface area contributed by atoms with Crippen molar-refractivity contribution in [3.63, 3.8) is 0 Å². The van der Waals surface area contributed by atoms with Crippen molar-refractivity contribution in [2.45, 2.75) is 17.2 Å². The number of carbonyl (C=O) groups is 3. The van der Waals surface area contributed by atoms with Crippen LogP contribution in [0.4, 0.5) is 5.69 Å². The Morgan fingerprint density at radius 2 is 1.65 bits per heavy atom. The maximum atomic E-state index is 12.8. The molecule has 2 amide bonds. The van der Waals surface area contributed by atoms with Gasteiger partial charge in [0.05, 0.1) is 33.8 Å². The van der Waals surface area contributed by atoms with Gasteiger partial charge in [-0.1, -0.05) is 6.07 Å². The fraction of sp³-hybridized carbons (Fsp3) is 0.438. The summed E-state index contributed by atoms with van der Waals surface area (Å²) in [5.74, 6) is -2.71. The molecule has 4 rings (SSSR count). The SMILES string of the molecule is O=C(O)c1cccc(N2C(=O)[C@@H]3[C@H]4C[C@@H]([C@@H](Cl)[C@H]4Cl)[C@H]3C2=O)c1. The predicted molar refractivity (Wildman–Crippen MR) is 83.8 cm³/mol. The first-order chi connectivity index (χ1) is 10.9. The monoisotopic (exact) mass is 353 g/mol. The van der Waals surface area contributed by atoms with E-state index in [1.807, 2.05) is 0 Å². The van der Waals surface area contributed by atoms with Gasteiger partial charge in [-0.2, -0.15) is 0 Å². The van der Waals surface area contributed by atoms with Crippen LogP contribution in [0.15, 0.2) is 24.3 Å². The standard InChI is InChI=1S/C16H13Cl2NO4/c17-12-8-5-9(13(12)18)11-10(8)14(20)19(15(11)21)7-3-1-2-6(4-7)16(22)23/h1-4,8-13H,5H2,(H,22,23)/t8-,9-,10-,11-,12-,13+/m1/s1. The number of imide groups is 1. The number of hydrogen-bond donors (Lipinski definition) is 1. The Morgan fingerprint density at radius 1 is 1.09 bits per heavy atom. The quantitative estimate of drug-likeness (QED) is 0.654. The number of aromatic carboxylic acids is 1. The molecule has 3 fully saturated rings. The van der Waals surface area contributed by atoms with E-state index in [0.717, 1.165) is 4.90 Å². The topological polar surface area (TPSA) is 74.7 Å². The van der Waals surface area contributed by atoms with Crippen LogP contribution in [0, 0.1) is 23.7 Å². The molecule has 6 atom stereocenters. The minimum atomic E-state index is -1.10. The summed E-state index contributed by atoms with van der Waals surface area (Å²) in [5.41, 5.74) is 0.333. The van der Waals surface area contributed by atoms with Crippen molar-refractivity contribution >= 4 is 46.7 Å². The molecule has 0 aromatic heterocycles. The van der Waals surface area contributed by atoms with Crippen molar-refractivity contribution in [3.8, 4) is 0 Å². The predicted octanol–water partition coefficient (Wildman–Crippen LogP) is 2.35. The lowest BCUT2D eigenvalue weighted by atomic mass is 9.80. The molecule has 23 heavy (non-hydrogen) atoms. The number of amides is 2. The van der Waals surface area contributed by atoms with Gasteiger partial charge in [-0.05, 0) is 36.5 Å². The van der Waals surface area contributed by atoms with Crippen molar-refractivity contribution in [2.24, 2.45) is 23.7 Å². The summed E-state index contributed by atoms with van der Waals surface area (Å²) in [6, 6.07) is 5.86. The van der Waals surface area contributed by atoms with Crippen LogP contribution in [0.3, 0.4) is 0 Å². The number of rotatable bonds is 2. The Morgan fingerprint density at radius 3 is 2.17 bits per heavy atom. The van der Waals surface area contributed by atoms with Gasteiger partial charge in [-0.3, -0.25) is 14.5 Å². The van der Waals surface area contributed by atoms with E-state index in [1.165, 1.54) is 18.2 Å². The molecular weight excluding hydrogens is 341 g/mol. The molecular formula is C16H13Cl2NO4. The molecule has 5 nitrogen and oxygen atoms in total. The number of hydrogen-bond acceptors (Lipinski definition) is 3. The molecule has 1 aromatic carbocycles. The summed E-state index contributed by atoms with van der Waals surface area (Å²) in [6.07, 6.45) is 0.707. The molecule has 3 aliphatic rings. The minimum absolute atomic E-state index is 0.0357. The van der Waals surface area contributed by atoms with E-state index >= 15 is 0 Å². The highest BCUT2D eigenvalue weighted by molar-refractivity contribution is 6.32. The number of carbonyl (C=O) groups excluding carboxylic acids is 2. The third-order valence-corrected chi connectivity index (χ3v) is 6.66. The number of alkyl halides is 2. The molecule has 1 aromatic rings. The number of anilines is 1. The average Bonchev–Trinajstić information content (AvgIpc) is 3.12. The second-order valence-corrected chi connectivity index (χ2v) is 7.38. The lowest BCUT2D eigenvalue weighted by Gasteiger charge is -2.28. The van der Waals surface area contributed by atoms with E-state index < -0.39 is 17.8 Å². The van der Waals surface area contributed by atoms with Crippen molar-refractivity contribution in [2.75, 3.05) is 4.90 Å². The molecule has 0 radical (unpaired) electrons. The molecule has 2 aliphatic carbocycles. The van der Waals surface area contributed by atoms with E-state index in [4.69, 9.17) is 28.3 Å². The first kappa shape index (κ1) is 15.0. The highest BCUT2D eigenvalue weighted by Crippen LogP contribution is 2.59. The van der Waals surface area contributed by atoms with E-state index in [2.05, 4.69) is 0 Å². The number of benzene rings is 1. The molecule has 7 heteroatoms. The summed E-state index contributed by atoms with van der Waals surface area (Å²) in [6.45, 7) is 0. The van der Waals surface area contributed by atoms with E-state index in [9.17, 15) is 14.4 Å². The van der Waals surface area contributed by atoms with Crippen LogP contribution in [-0.4, -0.2) is 33.6 Å². The number of fused-ring (bicyclic) bond motifs is 5. The maximum Gasteiger partial charge on any atom is 0.335 e. The van der Waals surface area contributed by atoms with E-state index in [-0.39, 0.29) is 40.0 Å². The normalized spacial score (nSPS) is 38.3. The van der Waals surface area contributed by atoms with Crippen molar-refractivity contribution in [1.82, 2.24) is 0 Å². The van der Waals surface area contributed by atoms with Crippen LogP contribution < -0.4 is 4.90 Å². The summed E-state index contributed by atoms with van der Waals surface area (Å²) >= 11 is 12.6. The molecule has 1 saturated heterocycles. The lowest BCUT2D eigenvalue weighted by Crippen LogP contribution is -2.37. The van der Waals surface area contributed by atoms with Crippen molar-refractivity contribution in [3.05, 3.63) is 29.8 Å². The Kier molecular flexibility index (Phi) is 3.22. The third kappa shape index (κ3) is 1.90. The maximum absolute atomic E-state index is 12.8. The second-order valence-electron chi connectivity index (χ2n) is 6.37. The van der Waals surface area contributed by atoms with Crippen molar-refractivity contribution in [1.29, 1.82) is 0 Å². The largest absolute Gasteiger partial charge is 0.478 e. The smallest absolute Gasteiger partial charge is 0.335 e. The van der Waals surface area contributed by atoms with Crippen LogP contribution in [0.2, 0.25) is 0 Å². The second kappa shape index (κ2) is 4.95. The summed E-state index contributed by atoms with van der Waals surface area (Å²) in [5, 5.41) is 8.48. The van der Waals surface area contributed by atoms with Crippen LogP contribution in [-0.2, 0) is 9.59 Å². The highest BCUT2D eigenvalue weighted by atomic mass is 35.5. The number of carboxylic acids is 1. The van der Waals surface area contributed by atoms with Gasteiger partial charge in [-0.25, -0.2) is 4.79 Å². The Bertz CT molecular complexity index is 705. The molecule has 1 aliphatic heterocycles. The molecule has 1 heterocycles. The van der Waals surface area contributed by atoms with Gasteiger partial charge in [0.2, 0.25) is 11.8 Å². The zero-order valence-corrected chi connectivity index (χ0v) is 13.4. The third-order valence-electron chi connectivity index (χ3n) is 5.34.